The molecule has 0 spiro atoms. The van der Waals surface area contributed by atoms with E-state index in [4.69, 9.17) is 0 Å². The number of nitrogens with zero attached hydrogens (tertiary/aromatic N) is 5. The molecule has 0 saturated carbocycles. The van der Waals surface area contributed by atoms with Crippen LogP contribution in [-0.4, -0.2) is 53.5 Å². The molecule has 3 rings (SSSR count). The van der Waals surface area contributed by atoms with Gasteiger partial charge >= 0.3 is 5.69 Å². The zero-order valence-electron chi connectivity index (χ0n) is 18.7. The Bertz CT molecular complexity index is 862. The first-order valence-electron chi connectivity index (χ1n) is 11.1. The molecule has 2 N–H and O–H groups in total. The Labute approximate surface area is 202 Å². The molecule has 172 valence electrons. The van der Waals surface area contributed by atoms with Crippen LogP contribution in [0.15, 0.2) is 40.1 Å². The number of aliphatic imine (C=N–C) groups is 1. The minimum atomic E-state index is 0. The lowest BCUT2D eigenvalue weighted by molar-refractivity contribution is 0.509. The van der Waals surface area contributed by atoms with E-state index in [0.717, 1.165) is 76.6 Å². The van der Waals surface area contributed by atoms with Gasteiger partial charge in [0, 0.05) is 58.4 Å². The summed E-state index contributed by atoms with van der Waals surface area (Å²) < 4.78 is 3.44. The third-order valence-electron chi connectivity index (χ3n) is 5.49. The number of aryl methyl sites for hydroxylation is 2. The van der Waals surface area contributed by atoms with Gasteiger partial charge in [-0.25, -0.2) is 9.48 Å². The standard InChI is InChI=1S/C22H35N7O.HI/c1-3-27(19-11-5-4-6-12-19)16-9-14-24-21(23-2)25-15-10-18-29-22(30)28-17-8-7-13-20(28)26-29;/h4-6,11-12H,3,7-10,13-18H2,1-2H3,(H2,23,24,25);1H. The quantitative estimate of drug-likeness (QED) is 0.209. The summed E-state index contributed by atoms with van der Waals surface area (Å²) in [5, 5.41) is 11.2. The van der Waals surface area contributed by atoms with Gasteiger partial charge in [-0.2, -0.15) is 5.10 Å². The number of hydrogen-bond donors (Lipinski definition) is 2. The van der Waals surface area contributed by atoms with E-state index in [1.807, 2.05) is 10.6 Å². The number of aromatic nitrogens is 3. The van der Waals surface area contributed by atoms with Crippen molar-refractivity contribution in [1.82, 2.24) is 25.0 Å². The topological polar surface area (TPSA) is 79.5 Å². The maximum atomic E-state index is 12.4. The van der Waals surface area contributed by atoms with Crippen molar-refractivity contribution < 1.29 is 0 Å². The summed E-state index contributed by atoms with van der Waals surface area (Å²) in [7, 11) is 1.78. The number of nitrogens with one attached hydrogen (secondary N) is 2. The molecule has 2 heterocycles. The predicted molar refractivity (Wildman–Crippen MR) is 138 cm³/mol. The summed E-state index contributed by atoms with van der Waals surface area (Å²) in [5.74, 6) is 1.74. The summed E-state index contributed by atoms with van der Waals surface area (Å²) in [5.41, 5.74) is 1.30. The van der Waals surface area contributed by atoms with Crippen LogP contribution in [0.4, 0.5) is 5.69 Å². The van der Waals surface area contributed by atoms with Crippen molar-refractivity contribution in [2.75, 3.05) is 38.1 Å². The molecular formula is C22H36IN7O. The predicted octanol–water partition coefficient (Wildman–Crippen LogP) is 2.47. The van der Waals surface area contributed by atoms with Gasteiger partial charge in [0.25, 0.3) is 0 Å². The molecular weight excluding hydrogens is 505 g/mol. The smallest absolute Gasteiger partial charge is 0.345 e. The molecule has 1 aliphatic heterocycles. The summed E-state index contributed by atoms with van der Waals surface area (Å²) in [6, 6.07) is 10.5. The normalized spacial score (nSPS) is 13.3. The second-order valence-corrected chi connectivity index (χ2v) is 7.58. The van der Waals surface area contributed by atoms with Crippen molar-refractivity contribution in [2.45, 2.75) is 52.1 Å². The molecule has 0 radical (unpaired) electrons. The van der Waals surface area contributed by atoms with Crippen LogP contribution >= 0.6 is 24.0 Å². The molecule has 0 aliphatic carbocycles. The number of fused-ring (bicyclic) bond motifs is 1. The monoisotopic (exact) mass is 541 g/mol. The first-order chi connectivity index (χ1) is 14.7. The van der Waals surface area contributed by atoms with E-state index in [2.05, 4.69) is 56.8 Å². The number of guanidine groups is 1. The first-order valence-corrected chi connectivity index (χ1v) is 11.1. The Morgan fingerprint density at radius 1 is 1.16 bits per heavy atom. The van der Waals surface area contributed by atoms with Crippen LogP contribution in [0.1, 0.15) is 38.4 Å². The molecule has 9 heteroatoms. The van der Waals surface area contributed by atoms with Gasteiger partial charge in [-0.1, -0.05) is 18.2 Å². The van der Waals surface area contributed by atoms with E-state index in [9.17, 15) is 4.79 Å². The Balaban J connectivity index is 0.00000341. The molecule has 0 saturated heterocycles. The van der Waals surface area contributed by atoms with Gasteiger partial charge in [-0.05, 0) is 44.7 Å². The van der Waals surface area contributed by atoms with E-state index in [-0.39, 0.29) is 29.7 Å². The number of para-hydroxylation sites is 1. The highest BCUT2D eigenvalue weighted by atomic mass is 127. The second-order valence-electron chi connectivity index (χ2n) is 7.58. The SMILES string of the molecule is CCN(CCCNC(=NC)NCCCn1nc2n(c1=O)CCCC2)c1ccccc1.I. The number of rotatable bonds is 10. The van der Waals surface area contributed by atoms with Gasteiger partial charge in [-0.3, -0.25) is 9.56 Å². The molecule has 0 fully saturated rings. The number of hydrogen-bond acceptors (Lipinski definition) is 4. The average Bonchev–Trinajstić information content (AvgIpc) is 3.11. The van der Waals surface area contributed by atoms with E-state index >= 15 is 0 Å². The van der Waals surface area contributed by atoms with Crippen molar-refractivity contribution in [3.8, 4) is 0 Å². The Morgan fingerprint density at radius 2 is 1.90 bits per heavy atom. The van der Waals surface area contributed by atoms with Gasteiger partial charge < -0.3 is 15.5 Å². The van der Waals surface area contributed by atoms with Crippen LogP contribution in [0.2, 0.25) is 0 Å². The maximum absolute atomic E-state index is 12.4. The van der Waals surface area contributed by atoms with E-state index in [1.54, 1.807) is 11.7 Å². The van der Waals surface area contributed by atoms with Crippen LogP contribution in [0.5, 0.6) is 0 Å². The zero-order valence-corrected chi connectivity index (χ0v) is 21.0. The fraction of sp³-hybridized carbons (Fsp3) is 0.591. The van der Waals surface area contributed by atoms with Crippen LogP contribution in [-0.2, 0) is 19.5 Å². The lowest BCUT2D eigenvalue weighted by atomic mass is 10.2. The van der Waals surface area contributed by atoms with Crippen LogP contribution in [0, 0.1) is 0 Å². The van der Waals surface area contributed by atoms with Crippen LogP contribution < -0.4 is 21.2 Å². The van der Waals surface area contributed by atoms with E-state index in [1.165, 1.54) is 5.69 Å². The molecule has 31 heavy (non-hydrogen) atoms. The molecule has 0 atom stereocenters. The molecule has 1 aromatic carbocycles. The Kier molecular flexibility index (Phi) is 10.9. The van der Waals surface area contributed by atoms with Crippen molar-refractivity contribution >= 4 is 35.6 Å². The summed E-state index contributed by atoms with van der Waals surface area (Å²) in [6.45, 7) is 7.22. The highest BCUT2D eigenvalue weighted by Crippen LogP contribution is 2.12. The lowest BCUT2D eigenvalue weighted by Gasteiger charge is -2.23. The van der Waals surface area contributed by atoms with Gasteiger partial charge in [0.1, 0.15) is 5.82 Å². The molecule has 0 unspecified atom stereocenters. The summed E-state index contributed by atoms with van der Waals surface area (Å²) in [6.07, 6.45) is 4.97. The largest absolute Gasteiger partial charge is 0.372 e. The van der Waals surface area contributed by atoms with Crippen molar-refractivity contribution in [2.24, 2.45) is 4.99 Å². The summed E-state index contributed by atoms with van der Waals surface area (Å²) in [4.78, 5) is 19.0. The van der Waals surface area contributed by atoms with Crippen molar-refractivity contribution in [3.63, 3.8) is 0 Å². The van der Waals surface area contributed by atoms with Gasteiger partial charge in [0.05, 0.1) is 0 Å². The molecule has 1 aliphatic rings. The fourth-order valence-corrected chi connectivity index (χ4v) is 3.84. The maximum Gasteiger partial charge on any atom is 0.345 e. The minimum absolute atomic E-state index is 0. The van der Waals surface area contributed by atoms with Crippen LogP contribution in [0.25, 0.3) is 0 Å². The lowest BCUT2D eigenvalue weighted by Crippen LogP contribution is -2.39. The highest BCUT2D eigenvalue weighted by molar-refractivity contribution is 14.0. The Morgan fingerprint density at radius 3 is 2.58 bits per heavy atom. The second kappa shape index (κ2) is 13.4. The van der Waals surface area contributed by atoms with Crippen molar-refractivity contribution in [1.29, 1.82) is 0 Å². The average molecular weight is 541 g/mol. The number of anilines is 1. The Hall–Kier alpha value is -2.04. The first kappa shape index (κ1) is 25.2. The number of halogens is 1. The van der Waals surface area contributed by atoms with Crippen LogP contribution in [0.3, 0.4) is 0 Å². The van der Waals surface area contributed by atoms with E-state index in [0.29, 0.717) is 6.54 Å². The van der Waals surface area contributed by atoms with E-state index < -0.39 is 0 Å². The van der Waals surface area contributed by atoms with Crippen molar-refractivity contribution in [3.05, 3.63) is 46.6 Å². The summed E-state index contributed by atoms with van der Waals surface area (Å²) >= 11 is 0. The molecule has 0 bridgehead atoms. The van der Waals surface area contributed by atoms with Gasteiger partial charge in [0.15, 0.2) is 5.96 Å². The third-order valence-corrected chi connectivity index (χ3v) is 5.49. The minimum Gasteiger partial charge on any atom is -0.372 e. The molecule has 8 nitrogen and oxygen atoms in total. The molecule has 0 amide bonds. The molecule has 1 aromatic heterocycles. The van der Waals surface area contributed by atoms with Gasteiger partial charge in [-0.15, -0.1) is 24.0 Å². The van der Waals surface area contributed by atoms with Gasteiger partial charge in [0.2, 0.25) is 0 Å². The fourth-order valence-electron chi connectivity index (χ4n) is 3.84. The number of benzene rings is 1. The third kappa shape index (κ3) is 7.26. The molecule has 2 aromatic rings. The zero-order chi connectivity index (χ0) is 21.2. The highest BCUT2D eigenvalue weighted by Gasteiger charge is 2.16.